The highest BCUT2D eigenvalue weighted by molar-refractivity contribution is 6.00. The van der Waals surface area contributed by atoms with Crippen molar-refractivity contribution >= 4 is 17.5 Å². The minimum Gasteiger partial charge on any atom is -0.355 e. The summed E-state index contributed by atoms with van der Waals surface area (Å²) >= 11 is 0. The highest BCUT2D eigenvalue weighted by Gasteiger charge is 2.35. The molecule has 26 heavy (non-hydrogen) atoms. The number of aryl methyl sites for hydroxylation is 1. The number of benzene rings is 1. The first kappa shape index (κ1) is 18.9. The van der Waals surface area contributed by atoms with Gasteiger partial charge in [0.15, 0.2) is 0 Å². The first-order valence-electron chi connectivity index (χ1n) is 9.93. The van der Waals surface area contributed by atoms with Crippen LogP contribution in [0.4, 0.5) is 5.69 Å². The molecule has 2 aliphatic rings. The van der Waals surface area contributed by atoms with Gasteiger partial charge in [-0.25, -0.2) is 0 Å². The van der Waals surface area contributed by atoms with Crippen LogP contribution in [0.3, 0.4) is 0 Å². The Bertz CT molecular complexity index is 651. The molecule has 2 heterocycles. The van der Waals surface area contributed by atoms with Gasteiger partial charge in [-0.2, -0.15) is 0 Å². The third kappa shape index (κ3) is 4.44. The van der Waals surface area contributed by atoms with Gasteiger partial charge in [-0.3, -0.25) is 9.59 Å². The highest BCUT2D eigenvalue weighted by atomic mass is 16.2. The second kappa shape index (κ2) is 8.67. The summed E-state index contributed by atoms with van der Waals surface area (Å²) in [4.78, 5) is 29.2. The molecule has 142 valence electrons. The predicted octanol–water partition coefficient (Wildman–Crippen LogP) is 2.65. The summed E-state index contributed by atoms with van der Waals surface area (Å²) in [5, 5.41) is 3.05. The average Bonchev–Trinajstić information content (AvgIpc) is 2.83. The molecule has 0 bridgehead atoms. The van der Waals surface area contributed by atoms with Crippen molar-refractivity contribution in [1.29, 1.82) is 0 Å². The van der Waals surface area contributed by atoms with E-state index in [-0.39, 0.29) is 17.7 Å². The maximum absolute atomic E-state index is 12.5. The van der Waals surface area contributed by atoms with Gasteiger partial charge in [0.1, 0.15) is 0 Å². The van der Waals surface area contributed by atoms with Crippen LogP contribution in [0.5, 0.6) is 0 Å². The van der Waals surface area contributed by atoms with E-state index < -0.39 is 0 Å². The minimum absolute atomic E-state index is 0.0148. The van der Waals surface area contributed by atoms with Gasteiger partial charge in [0.05, 0.1) is 5.92 Å². The number of nitrogens with zero attached hydrogens (tertiary/aromatic N) is 2. The van der Waals surface area contributed by atoms with Gasteiger partial charge in [-0.05, 0) is 57.0 Å². The first-order valence-corrected chi connectivity index (χ1v) is 9.93. The van der Waals surface area contributed by atoms with Crippen molar-refractivity contribution in [3.63, 3.8) is 0 Å². The smallest absolute Gasteiger partial charge is 0.227 e. The second-order valence-electron chi connectivity index (χ2n) is 7.67. The predicted molar refractivity (Wildman–Crippen MR) is 104 cm³/mol. The van der Waals surface area contributed by atoms with Crippen molar-refractivity contribution in [3.8, 4) is 0 Å². The fourth-order valence-corrected chi connectivity index (χ4v) is 3.99. The number of anilines is 1. The molecular formula is C21H31N3O2. The van der Waals surface area contributed by atoms with Crippen LogP contribution in [0.15, 0.2) is 18.2 Å². The summed E-state index contributed by atoms with van der Waals surface area (Å²) in [5.41, 5.74) is 3.22. The van der Waals surface area contributed by atoms with Gasteiger partial charge in [0.2, 0.25) is 11.8 Å². The van der Waals surface area contributed by atoms with Crippen molar-refractivity contribution in [3.05, 3.63) is 29.3 Å². The number of hydrogen-bond acceptors (Lipinski definition) is 3. The molecular weight excluding hydrogens is 326 g/mol. The summed E-state index contributed by atoms with van der Waals surface area (Å²) in [6.45, 7) is 8.42. The van der Waals surface area contributed by atoms with Gasteiger partial charge >= 0.3 is 0 Å². The Balaban J connectivity index is 1.51. The molecule has 1 unspecified atom stereocenters. The average molecular weight is 357 g/mol. The SMILES string of the molecule is Cc1cccc(N2CC(C(=O)NCCN3CCCCCC3)CC2=O)c1C. The zero-order valence-corrected chi connectivity index (χ0v) is 16.1. The summed E-state index contributed by atoms with van der Waals surface area (Å²) in [6.07, 6.45) is 5.47. The third-order valence-corrected chi connectivity index (χ3v) is 5.79. The van der Waals surface area contributed by atoms with E-state index in [1.165, 1.54) is 31.2 Å². The molecule has 0 radical (unpaired) electrons. The molecule has 0 aromatic heterocycles. The van der Waals surface area contributed by atoms with Gasteiger partial charge in [0, 0.05) is 31.7 Å². The number of amides is 2. The highest BCUT2D eigenvalue weighted by Crippen LogP contribution is 2.29. The summed E-state index contributed by atoms with van der Waals surface area (Å²) < 4.78 is 0. The molecule has 5 nitrogen and oxygen atoms in total. The van der Waals surface area contributed by atoms with E-state index in [1.807, 2.05) is 32.0 Å². The Labute approximate surface area is 156 Å². The largest absolute Gasteiger partial charge is 0.355 e. The molecule has 2 amide bonds. The maximum Gasteiger partial charge on any atom is 0.227 e. The molecule has 1 atom stereocenters. The molecule has 1 N–H and O–H groups in total. The number of nitrogens with one attached hydrogen (secondary N) is 1. The van der Waals surface area contributed by atoms with Crippen LogP contribution in [0.1, 0.15) is 43.2 Å². The molecule has 3 rings (SSSR count). The van der Waals surface area contributed by atoms with E-state index in [9.17, 15) is 9.59 Å². The maximum atomic E-state index is 12.5. The summed E-state index contributed by atoms with van der Waals surface area (Å²) in [7, 11) is 0. The Morgan fingerprint density at radius 2 is 1.88 bits per heavy atom. The number of hydrogen-bond donors (Lipinski definition) is 1. The lowest BCUT2D eigenvalue weighted by atomic mass is 10.1. The van der Waals surface area contributed by atoms with Crippen LogP contribution in [-0.2, 0) is 9.59 Å². The molecule has 2 fully saturated rings. The normalized spacial score (nSPS) is 21.7. The summed E-state index contributed by atoms with van der Waals surface area (Å²) in [5.74, 6) is -0.182. The molecule has 2 saturated heterocycles. The van der Waals surface area contributed by atoms with Crippen LogP contribution >= 0.6 is 0 Å². The lowest BCUT2D eigenvalue weighted by molar-refractivity contribution is -0.126. The molecule has 5 heteroatoms. The van der Waals surface area contributed by atoms with Crippen molar-refractivity contribution < 1.29 is 9.59 Å². The quantitative estimate of drug-likeness (QED) is 0.881. The van der Waals surface area contributed by atoms with E-state index >= 15 is 0 Å². The number of carbonyl (C=O) groups is 2. The van der Waals surface area contributed by atoms with Crippen LogP contribution < -0.4 is 10.2 Å². The fraction of sp³-hybridized carbons (Fsp3) is 0.619. The number of rotatable bonds is 5. The van der Waals surface area contributed by atoms with Crippen LogP contribution in [0.2, 0.25) is 0 Å². The van der Waals surface area contributed by atoms with Gasteiger partial charge in [-0.1, -0.05) is 25.0 Å². The standard InChI is InChI=1S/C21H31N3O2/c1-16-8-7-9-19(17(16)2)24-15-18(14-20(24)25)21(26)22-10-13-23-11-5-3-4-6-12-23/h7-9,18H,3-6,10-15H2,1-2H3,(H,22,26). The van der Waals surface area contributed by atoms with Crippen LogP contribution in [0, 0.1) is 19.8 Å². The second-order valence-corrected chi connectivity index (χ2v) is 7.67. The molecule has 0 spiro atoms. The Morgan fingerprint density at radius 1 is 1.15 bits per heavy atom. The number of likely N-dealkylation sites (tertiary alicyclic amines) is 1. The van der Waals surface area contributed by atoms with Crippen molar-refractivity contribution in [2.24, 2.45) is 5.92 Å². The monoisotopic (exact) mass is 357 g/mol. The van der Waals surface area contributed by atoms with Gasteiger partial charge in [0.25, 0.3) is 0 Å². The lowest BCUT2D eigenvalue weighted by Crippen LogP contribution is -2.39. The van der Waals surface area contributed by atoms with E-state index in [2.05, 4.69) is 10.2 Å². The first-order chi connectivity index (χ1) is 12.6. The minimum atomic E-state index is -0.244. The Hall–Kier alpha value is -1.88. The summed E-state index contributed by atoms with van der Waals surface area (Å²) in [6, 6.07) is 5.99. The Morgan fingerprint density at radius 3 is 2.62 bits per heavy atom. The van der Waals surface area contributed by atoms with Crippen LogP contribution in [0.25, 0.3) is 0 Å². The van der Waals surface area contributed by atoms with Gasteiger partial charge in [-0.15, -0.1) is 0 Å². The zero-order valence-electron chi connectivity index (χ0n) is 16.1. The fourth-order valence-electron chi connectivity index (χ4n) is 3.99. The molecule has 0 aliphatic carbocycles. The van der Waals surface area contributed by atoms with Crippen molar-refractivity contribution in [1.82, 2.24) is 10.2 Å². The van der Waals surface area contributed by atoms with E-state index in [0.717, 1.165) is 30.9 Å². The Kier molecular flexibility index (Phi) is 6.30. The molecule has 1 aromatic carbocycles. The zero-order chi connectivity index (χ0) is 18.5. The van der Waals surface area contributed by atoms with E-state index in [0.29, 0.717) is 19.5 Å². The third-order valence-electron chi connectivity index (χ3n) is 5.79. The van der Waals surface area contributed by atoms with E-state index in [4.69, 9.17) is 0 Å². The number of carbonyl (C=O) groups excluding carboxylic acids is 2. The van der Waals surface area contributed by atoms with Crippen molar-refractivity contribution in [2.45, 2.75) is 46.0 Å². The van der Waals surface area contributed by atoms with E-state index in [1.54, 1.807) is 4.90 Å². The van der Waals surface area contributed by atoms with Crippen LogP contribution in [-0.4, -0.2) is 49.4 Å². The van der Waals surface area contributed by atoms with Crippen molar-refractivity contribution in [2.75, 3.05) is 37.6 Å². The molecule has 2 aliphatic heterocycles. The topological polar surface area (TPSA) is 52.7 Å². The molecule has 0 saturated carbocycles. The van der Waals surface area contributed by atoms with Gasteiger partial charge < -0.3 is 15.1 Å². The molecule has 1 aromatic rings. The lowest BCUT2D eigenvalue weighted by Gasteiger charge is -2.21.